The summed E-state index contributed by atoms with van der Waals surface area (Å²) in [4.78, 5) is 14.7. The van der Waals surface area contributed by atoms with Crippen LogP contribution in [0.4, 0.5) is 4.39 Å². The first-order valence-electron chi connectivity index (χ1n) is 10.6. The van der Waals surface area contributed by atoms with Crippen molar-refractivity contribution in [1.29, 1.82) is 0 Å². The van der Waals surface area contributed by atoms with Gasteiger partial charge in [0, 0.05) is 32.9 Å². The van der Waals surface area contributed by atoms with E-state index < -0.39 is 28.0 Å². The van der Waals surface area contributed by atoms with Gasteiger partial charge in [0.1, 0.15) is 23.0 Å². The van der Waals surface area contributed by atoms with Gasteiger partial charge in [-0.25, -0.2) is 12.8 Å². The van der Waals surface area contributed by atoms with Crippen molar-refractivity contribution in [2.75, 3.05) is 0 Å². The molecule has 0 aliphatic carbocycles. The lowest BCUT2D eigenvalue weighted by atomic mass is 10.1. The van der Waals surface area contributed by atoms with Crippen molar-refractivity contribution < 1.29 is 27.1 Å². The Hall–Kier alpha value is -3.69. The first-order chi connectivity index (χ1) is 16.1. The molecule has 2 aromatic heterocycles. The Kier molecular flexibility index (Phi) is 5.18. The fraction of sp³-hybridized carbons (Fsp3) is 0.160. The number of carbonyl (C=O) groups is 1. The van der Waals surface area contributed by atoms with Gasteiger partial charge in [0.2, 0.25) is 10.0 Å². The molecule has 5 rings (SSSR count). The normalized spacial score (nSPS) is 13.3. The number of H-pyrrole nitrogens is 1. The van der Waals surface area contributed by atoms with Gasteiger partial charge in [-0.15, -0.1) is 0 Å². The van der Waals surface area contributed by atoms with Crippen molar-refractivity contribution in [3.05, 3.63) is 66.5 Å². The number of benzene rings is 3. The summed E-state index contributed by atoms with van der Waals surface area (Å²) in [5, 5.41) is 11.4. The summed E-state index contributed by atoms with van der Waals surface area (Å²) in [5.74, 6) is -1.97. The average Bonchev–Trinajstić information content (AvgIpc) is 3.36. The Morgan fingerprint density at radius 2 is 1.79 bits per heavy atom. The Labute approximate surface area is 194 Å². The van der Waals surface area contributed by atoms with Crippen molar-refractivity contribution in [2.45, 2.75) is 24.8 Å². The molecule has 0 fully saturated rings. The van der Waals surface area contributed by atoms with Crippen LogP contribution >= 0.6 is 0 Å². The quantitative estimate of drug-likeness (QED) is 0.307. The van der Waals surface area contributed by atoms with Crippen molar-refractivity contribution in [3.8, 4) is 11.3 Å². The molecule has 7 nitrogen and oxygen atoms in total. The summed E-state index contributed by atoms with van der Waals surface area (Å²) in [5.41, 5.74) is 3.50. The molecule has 5 aromatic rings. The smallest absolute Gasteiger partial charge is 0.322 e. The lowest BCUT2D eigenvalue weighted by Crippen LogP contribution is -2.44. The SMILES string of the molecule is CC(C)[C@@H](NS(=O)(=O)c1ccc2oc3cc(-c4cc5cc(F)ccc5[nH]4)ccc3c2c1)C(=O)O. The molecule has 174 valence electrons. The molecular formula is C25H21FN2O5S. The minimum Gasteiger partial charge on any atom is -0.480 e. The molecule has 0 saturated heterocycles. The van der Waals surface area contributed by atoms with Crippen LogP contribution in [-0.4, -0.2) is 30.5 Å². The van der Waals surface area contributed by atoms with Gasteiger partial charge in [-0.2, -0.15) is 4.72 Å². The lowest BCUT2D eigenvalue weighted by molar-refractivity contribution is -0.140. The second kappa shape index (κ2) is 7.96. The van der Waals surface area contributed by atoms with Gasteiger partial charge in [0.15, 0.2) is 0 Å². The van der Waals surface area contributed by atoms with Gasteiger partial charge >= 0.3 is 5.97 Å². The van der Waals surface area contributed by atoms with Crippen LogP contribution < -0.4 is 4.72 Å². The predicted octanol–water partition coefficient (Wildman–Crippen LogP) is 5.26. The largest absolute Gasteiger partial charge is 0.480 e. The fourth-order valence-electron chi connectivity index (χ4n) is 4.06. The number of halogens is 1. The van der Waals surface area contributed by atoms with Crippen LogP contribution in [0.1, 0.15) is 13.8 Å². The molecule has 0 aliphatic heterocycles. The van der Waals surface area contributed by atoms with E-state index in [1.54, 1.807) is 26.0 Å². The molecule has 3 N–H and O–H groups in total. The van der Waals surface area contributed by atoms with E-state index in [4.69, 9.17) is 4.42 Å². The minimum absolute atomic E-state index is 0.0451. The van der Waals surface area contributed by atoms with Crippen molar-refractivity contribution >= 4 is 48.8 Å². The topological polar surface area (TPSA) is 112 Å². The molecule has 3 aromatic carbocycles. The third-order valence-corrected chi connectivity index (χ3v) is 7.30. The maximum Gasteiger partial charge on any atom is 0.322 e. The summed E-state index contributed by atoms with van der Waals surface area (Å²) in [7, 11) is -4.07. The zero-order valence-electron chi connectivity index (χ0n) is 18.3. The van der Waals surface area contributed by atoms with Crippen molar-refractivity contribution in [1.82, 2.24) is 9.71 Å². The van der Waals surface area contributed by atoms with Crippen LogP contribution in [0.5, 0.6) is 0 Å². The molecule has 0 unspecified atom stereocenters. The summed E-state index contributed by atoms with van der Waals surface area (Å²) in [6.45, 7) is 3.27. The average molecular weight is 481 g/mol. The van der Waals surface area contributed by atoms with Crippen LogP contribution in [0.3, 0.4) is 0 Å². The second-order valence-corrected chi connectivity index (χ2v) is 10.3. The first-order valence-corrected chi connectivity index (χ1v) is 12.1. The number of furan rings is 1. The highest BCUT2D eigenvalue weighted by molar-refractivity contribution is 7.89. The Morgan fingerprint density at radius 1 is 1.00 bits per heavy atom. The molecule has 0 radical (unpaired) electrons. The number of carboxylic acids is 1. The van der Waals surface area contributed by atoms with E-state index in [9.17, 15) is 22.7 Å². The zero-order valence-corrected chi connectivity index (χ0v) is 19.1. The number of carboxylic acid groups (broad SMARTS) is 1. The van der Waals surface area contributed by atoms with Crippen molar-refractivity contribution in [2.24, 2.45) is 5.92 Å². The van der Waals surface area contributed by atoms with Crippen LogP contribution in [-0.2, 0) is 14.8 Å². The predicted molar refractivity (Wildman–Crippen MR) is 128 cm³/mol. The number of aromatic nitrogens is 1. The first kappa shape index (κ1) is 22.1. The van der Waals surface area contributed by atoms with Gasteiger partial charge in [-0.05, 0) is 60.5 Å². The van der Waals surface area contributed by atoms with Crippen LogP contribution in [0, 0.1) is 11.7 Å². The molecule has 0 spiro atoms. The van der Waals surface area contributed by atoms with E-state index in [1.807, 2.05) is 24.3 Å². The highest BCUT2D eigenvalue weighted by Gasteiger charge is 2.28. The van der Waals surface area contributed by atoms with E-state index in [0.717, 1.165) is 27.5 Å². The monoisotopic (exact) mass is 480 g/mol. The summed E-state index contributed by atoms with van der Waals surface area (Å²) >= 11 is 0. The minimum atomic E-state index is -4.07. The number of nitrogens with one attached hydrogen (secondary N) is 2. The second-order valence-electron chi connectivity index (χ2n) is 8.57. The van der Waals surface area contributed by atoms with Gasteiger partial charge in [0.25, 0.3) is 0 Å². The Bertz CT molecular complexity index is 1680. The molecule has 1 atom stereocenters. The fourth-order valence-corrected chi connectivity index (χ4v) is 5.42. The number of hydrogen-bond donors (Lipinski definition) is 3. The van der Waals surface area contributed by atoms with E-state index in [1.165, 1.54) is 24.3 Å². The third kappa shape index (κ3) is 3.82. The Balaban J connectivity index is 1.55. The van der Waals surface area contributed by atoms with E-state index >= 15 is 0 Å². The Morgan fingerprint density at radius 3 is 2.53 bits per heavy atom. The zero-order chi connectivity index (χ0) is 24.2. The molecule has 0 saturated carbocycles. The maximum absolute atomic E-state index is 13.5. The maximum atomic E-state index is 13.5. The van der Waals surface area contributed by atoms with E-state index in [2.05, 4.69) is 9.71 Å². The standard InChI is InChI=1S/C25H21FN2O5S/c1-13(2)24(25(29)30)28-34(31,32)17-5-8-22-19(12-17)18-6-3-14(11-23(18)33-22)21-10-15-9-16(26)4-7-20(15)27-21/h3-13,24,27-28H,1-2H3,(H,29,30)/t24-/m1/s1. The molecular weight excluding hydrogens is 459 g/mol. The third-order valence-electron chi connectivity index (χ3n) is 5.86. The van der Waals surface area contributed by atoms with Gasteiger partial charge in [-0.1, -0.05) is 19.9 Å². The molecule has 34 heavy (non-hydrogen) atoms. The van der Waals surface area contributed by atoms with Crippen molar-refractivity contribution in [3.63, 3.8) is 0 Å². The molecule has 0 bridgehead atoms. The van der Waals surface area contributed by atoms with Crippen LogP contribution in [0.25, 0.3) is 44.1 Å². The van der Waals surface area contributed by atoms with Crippen LogP contribution in [0.15, 0.2) is 70.0 Å². The van der Waals surface area contributed by atoms with Crippen LogP contribution in [0.2, 0.25) is 0 Å². The number of aromatic amines is 1. The summed E-state index contributed by atoms with van der Waals surface area (Å²) < 4.78 is 47.5. The van der Waals surface area contributed by atoms with Gasteiger partial charge < -0.3 is 14.5 Å². The lowest BCUT2D eigenvalue weighted by Gasteiger charge is -2.17. The molecule has 0 amide bonds. The number of rotatable bonds is 6. The highest BCUT2D eigenvalue weighted by atomic mass is 32.2. The number of fused-ring (bicyclic) bond motifs is 4. The van der Waals surface area contributed by atoms with E-state index in [0.29, 0.717) is 16.6 Å². The number of hydrogen-bond acceptors (Lipinski definition) is 4. The molecule has 2 heterocycles. The highest BCUT2D eigenvalue weighted by Crippen LogP contribution is 2.34. The number of aliphatic carboxylic acids is 1. The summed E-state index contributed by atoms with van der Waals surface area (Å²) in [6.07, 6.45) is 0. The molecule has 9 heteroatoms. The summed E-state index contributed by atoms with van der Waals surface area (Å²) in [6, 6.07) is 15.1. The van der Waals surface area contributed by atoms with E-state index in [-0.39, 0.29) is 10.7 Å². The number of sulfonamides is 1. The van der Waals surface area contributed by atoms with Gasteiger partial charge in [-0.3, -0.25) is 4.79 Å². The molecule has 0 aliphatic rings. The van der Waals surface area contributed by atoms with Gasteiger partial charge in [0.05, 0.1) is 4.90 Å².